The molecule has 1 rings (SSSR count). The van der Waals surface area contributed by atoms with E-state index in [1.165, 1.54) is 24.2 Å². The highest BCUT2D eigenvalue weighted by Crippen LogP contribution is 2.15. The second-order valence-corrected chi connectivity index (χ2v) is 6.04. The summed E-state index contributed by atoms with van der Waals surface area (Å²) < 4.78 is 1.87. The van der Waals surface area contributed by atoms with E-state index in [1.54, 1.807) is 0 Å². The Hall–Kier alpha value is -0.440. The predicted molar refractivity (Wildman–Crippen MR) is 57.2 cm³/mol. The standard InChI is InChI=1S/C9H18N2S/c1-11-8-9(7-10-11)5-4-6-12(2)3/h7-8,12H,4-6H2,1-3H3. The highest BCUT2D eigenvalue weighted by atomic mass is 32.2. The first-order chi connectivity index (χ1) is 5.68. The third-order valence-corrected chi connectivity index (χ3v) is 3.04. The first-order valence-electron chi connectivity index (χ1n) is 4.31. The molecule has 0 unspecified atom stereocenters. The summed E-state index contributed by atoms with van der Waals surface area (Å²) in [7, 11) is 2.25. The quantitative estimate of drug-likeness (QED) is 0.707. The Kier molecular flexibility index (Phi) is 3.66. The van der Waals surface area contributed by atoms with Gasteiger partial charge in [0, 0.05) is 13.2 Å². The van der Waals surface area contributed by atoms with Crippen molar-refractivity contribution in [3.63, 3.8) is 0 Å². The van der Waals surface area contributed by atoms with Gasteiger partial charge in [0.1, 0.15) is 0 Å². The molecule has 1 aromatic rings. The van der Waals surface area contributed by atoms with Gasteiger partial charge in [-0.3, -0.25) is 15.6 Å². The van der Waals surface area contributed by atoms with Gasteiger partial charge < -0.3 is 0 Å². The second-order valence-electron chi connectivity index (χ2n) is 3.43. The number of hydrogen-bond donors (Lipinski definition) is 1. The highest BCUT2D eigenvalue weighted by Gasteiger charge is 1.96. The molecular weight excluding hydrogens is 168 g/mol. The van der Waals surface area contributed by atoms with Crippen molar-refractivity contribution in [2.45, 2.75) is 12.8 Å². The number of aryl methyl sites for hydroxylation is 2. The topological polar surface area (TPSA) is 17.8 Å². The Labute approximate surface area is 77.3 Å². The molecule has 0 aliphatic carbocycles. The van der Waals surface area contributed by atoms with Gasteiger partial charge in [-0.2, -0.15) is 5.10 Å². The van der Waals surface area contributed by atoms with E-state index < -0.39 is 0 Å². The molecule has 70 valence electrons. The van der Waals surface area contributed by atoms with E-state index in [0.29, 0.717) is 0 Å². The van der Waals surface area contributed by atoms with Gasteiger partial charge >= 0.3 is 0 Å². The van der Waals surface area contributed by atoms with Crippen molar-refractivity contribution in [2.24, 2.45) is 7.05 Å². The van der Waals surface area contributed by atoms with Crippen molar-refractivity contribution in [1.82, 2.24) is 9.78 Å². The van der Waals surface area contributed by atoms with E-state index in [2.05, 4.69) is 23.8 Å². The Morgan fingerprint density at radius 1 is 1.50 bits per heavy atom. The summed E-state index contributed by atoms with van der Waals surface area (Å²) in [6.45, 7) is 0. The van der Waals surface area contributed by atoms with Gasteiger partial charge in [-0.05, 0) is 36.7 Å². The maximum Gasteiger partial charge on any atom is 0.0521 e. The molecule has 12 heavy (non-hydrogen) atoms. The van der Waals surface area contributed by atoms with Crippen LogP contribution in [-0.2, 0) is 13.5 Å². The summed E-state index contributed by atoms with van der Waals surface area (Å²) in [6.07, 6.45) is 11.2. The van der Waals surface area contributed by atoms with Crippen LogP contribution in [-0.4, -0.2) is 28.0 Å². The lowest BCUT2D eigenvalue weighted by Crippen LogP contribution is -1.89. The van der Waals surface area contributed by atoms with Crippen molar-refractivity contribution in [2.75, 3.05) is 18.3 Å². The van der Waals surface area contributed by atoms with E-state index in [0.717, 1.165) is 0 Å². The van der Waals surface area contributed by atoms with Gasteiger partial charge in [0.25, 0.3) is 0 Å². The minimum atomic E-state index is 0.283. The smallest absolute Gasteiger partial charge is 0.0521 e. The Balaban J connectivity index is 2.24. The minimum absolute atomic E-state index is 0.283. The Bertz CT molecular complexity index is 230. The fourth-order valence-corrected chi connectivity index (χ4v) is 1.99. The molecule has 0 amide bonds. The lowest BCUT2D eigenvalue weighted by atomic mass is 10.2. The van der Waals surface area contributed by atoms with E-state index >= 15 is 0 Å². The summed E-state index contributed by atoms with van der Waals surface area (Å²) in [4.78, 5) is 0. The first-order valence-corrected chi connectivity index (χ1v) is 6.73. The molecule has 0 fully saturated rings. The lowest BCUT2D eigenvalue weighted by Gasteiger charge is -2.06. The summed E-state index contributed by atoms with van der Waals surface area (Å²) in [5.74, 6) is 1.38. The Morgan fingerprint density at radius 3 is 2.75 bits per heavy atom. The molecule has 0 aromatic carbocycles. The van der Waals surface area contributed by atoms with Crippen molar-refractivity contribution in [3.05, 3.63) is 18.0 Å². The van der Waals surface area contributed by atoms with Crippen molar-refractivity contribution < 1.29 is 0 Å². The average molecular weight is 186 g/mol. The number of nitrogens with zero attached hydrogens (tertiary/aromatic N) is 2. The molecule has 3 heteroatoms. The molecule has 0 atom stereocenters. The third kappa shape index (κ3) is 3.30. The predicted octanol–water partition coefficient (Wildman–Crippen LogP) is 1.61. The van der Waals surface area contributed by atoms with E-state index in [4.69, 9.17) is 0 Å². The highest BCUT2D eigenvalue weighted by molar-refractivity contribution is 8.15. The molecular formula is C9H18N2S. The molecule has 0 bridgehead atoms. The van der Waals surface area contributed by atoms with Crippen LogP contribution in [0.5, 0.6) is 0 Å². The summed E-state index contributed by atoms with van der Waals surface area (Å²) in [5, 5.41) is 4.14. The van der Waals surface area contributed by atoms with Gasteiger partial charge in [-0.15, -0.1) is 0 Å². The van der Waals surface area contributed by atoms with Gasteiger partial charge in [0.15, 0.2) is 0 Å². The van der Waals surface area contributed by atoms with Crippen molar-refractivity contribution >= 4 is 10.9 Å². The van der Waals surface area contributed by atoms with Crippen LogP contribution >= 0.6 is 10.9 Å². The molecule has 0 radical (unpaired) electrons. The Morgan fingerprint density at radius 2 is 2.25 bits per heavy atom. The van der Waals surface area contributed by atoms with Crippen LogP contribution in [0.4, 0.5) is 0 Å². The molecule has 0 aliphatic heterocycles. The molecule has 0 aliphatic rings. The average Bonchev–Trinajstić information content (AvgIpc) is 2.35. The van der Waals surface area contributed by atoms with Gasteiger partial charge in [0.05, 0.1) is 6.20 Å². The van der Waals surface area contributed by atoms with Crippen LogP contribution in [0.2, 0.25) is 0 Å². The largest absolute Gasteiger partial charge is 0.276 e. The fourth-order valence-electron chi connectivity index (χ4n) is 1.20. The molecule has 0 saturated heterocycles. The molecule has 1 heterocycles. The van der Waals surface area contributed by atoms with Crippen molar-refractivity contribution in [1.29, 1.82) is 0 Å². The monoisotopic (exact) mass is 186 g/mol. The van der Waals surface area contributed by atoms with Crippen LogP contribution in [0.1, 0.15) is 12.0 Å². The zero-order chi connectivity index (χ0) is 8.97. The minimum Gasteiger partial charge on any atom is -0.276 e. The number of hydrogen-bond acceptors (Lipinski definition) is 1. The van der Waals surface area contributed by atoms with E-state index in [-0.39, 0.29) is 10.9 Å². The van der Waals surface area contributed by atoms with Crippen molar-refractivity contribution in [3.8, 4) is 0 Å². The third-order valence-electron chi connectivity index (χ3n) is 1.83. The van der Waals surface area contributed by atoms with E-state index in [9.17, 15) is 0 Å². The van der Waals surface area contributed by atoms with Crippen LogP contribution in [0, 0.1) is 0 Å². The maximum atomic E-state index is 4.14. The number of thiol groups is 1. The van der Waals surface area contributed by atoms with Crippen LogP contribution in [0.3, 0.4) is 0 Å². The lowest BCUT2D eigenvalue weighted by molar-refractivity contribution is 0.766. The molecule has 0 spiro atoms. The van der Waals surface area contributed by atoms with Gasteiger partial charge in [-0.1, -0.05) is 0 Å². The summed E-state index contributed by atoms with van der Waals surface area (Å²) >= 11 is 0. The zero-order valence-electron chi connectivity index (χ0n) is 8.12. The SMILES string of the molecule is Cn1cc(CCC[SH](C)C)cn1. The zero-order valence-corrected chi connectivity index (χ0v) is 9.01. The normalized spacial score (nSPS) is 11.8. The van der Waals surface area contributed by atoms with Crippen LogP contribution in [0.15, 0.2) is 12.4 Å². The van der Waals surface area contributed by atoms with Crippen LogP contribution < -0.4 is 0 Å². The van der Waals surface area contributed by atoms with E-state index in [1.807, 2.05) is 17.9 Å². The number of aromatic nitrogens is 2. The maximum absolute atomic E-state index is 4.14. The molecule has 0 saturated carbocycles. The fraction of sp³-hybridized carbons (Fsp3) is 0.667. The van der Waals surface area contributed by atoms with Gasteiger partial charge in [-0.25, -0.2) is 0 Å². The molecule has 2 nitrogen and oxygen atoms in total. The second kappa shape index (κ2) is 4.55. The summed E-state index contributed by atoms with van der Waals surface area (Å²) in [6, 6.07) is 0. The van der Waals surface area contributed by atoms with Crippen LogP contribution in [0.25, 0.3) is 0 Å². The first kappa shape index (κ1) is 9.65. The molecule has 1 aromatic heterocycles. The molecule has 0 N–H and O–H groups in total. The van der Waals surface area contributed by atoms with Gasteiger partial charge in [0.2, 0.25) is 0 Å². The number of rotatable bonds is 4. The summed E-state index contributed by atoms with van der Waals surface area (Å²) in [5.41, 5.74) is 1.37.